The Labute approximate surface area is 240 Å². The van der Waals surface area contributed by atoms with E-state index >= 15 is 0 Å². The monoisotopic (exact) mass is 581 g/mol. The number of methoxy groups -OCH3 is 1. The van der Waals surface area contributed by atoms with Crippen LogP contribution < -0.4 is 23.8 Å². The lowest BCUT2D eigenvalue weighted by atomic mass is 10.0. The minimum atomic E-state index is -3.89. The van der Waals surface area contributed by atoms with Crippen LogP contribution in [-0.4, -0.2) is 70.8 Å². The van der Waals surface area contributed by atoms with Crippen LogP contribution in [0.15, 0.2) is 72.8 Å². The molecular weight excluding hydrogens is 546 g/mol. The van der Waals surface area contributed by atoms with Crippen molar-refractivity contribution in [2.45, 2.75) is 25.9 Å². The van der Waals surface area contributed by atoms with Gasteiger partial charge < -0.3 is 24.4 Å². The summed E-state index contributed by atoms with van der Waals surface area (Å²) in [5.41, 5.74) is 1.85. The fourth-order valence-electron chi connectivity index (χ4n) is 4.60. The Balaban J connectivity index is 1.73. The van der Waals surface area contributed by atoms with Crippen LogP contribution >= 0.6 is 0 Å². The van der Waals surface area contributed by atoms with Gasteiger partial charge in [0, 0.05) is 26.1 Å². The number of amides is 2. The van der Waals surface area contributed by atoms with Crippen molar-refractivity contribution < 1.29 is 32.2 Å². The molecule has 41 heavy (non-hydrogen) atoms. The number of anilines is 1. The first kappa shape index (κ1) is 29.7. The van der Waals surface area contributed by atoms with Crippen LogP contribution in [0, 0.1) is 0 Å². The molecule has 0 saturated carbocycles. The number of benzene rings is 3. The highest BCUT2D eigenvalue weighted by Gasteiger charge is 2.33. The van der Waals surface area contributed by atoms with E-state index in [0.29, 0.717) is 30.5 Å². The number of nitrogens with zero attached hydrogens (tertiary/aromatic N) is 2. The van der Waals surface area contributed by atoms with Crippen molar-refractivity contribution in [3.8, 4) is 17.2 Å². The van der Waals surface area contributed by atoms with Crippen LogP contribution in [0.5, 0.6) is 17.2 Å². The van der Waals surface area contributed by atoms with Crippen molar-refractivity contribution in [3.05, 3.63) is 83.9 Å². The molecule has 3 aromatic carbocycles. The predicted octanol–water partition coefficient (Wildman–Crippen LogP) is 3.01. The molecule has 0 unspecified atom stereocenters. The second-order valence-electron chi connectivity index (χ2n) is 9.43. The minimum Gasteiger partial charge on any atom is -0.497 e. The number of fused-ring (bicyclic) bond motifs is 1. The molecule has 0 radical (unpaired) electrons. The smallest absolute Gasteiger partial charge is 0.244 e. The zero-order valence-electron chi connectivity index (χ0n) is 23.4. The van der Waals surface area contributed by atoms with Gasteiger partial charge in [-0.1, -0.05) is 42.5 Å². The van der Waals surface area contributed by atoms with Crippen molar-refractivity contribution in [3.63, 3.8) is 0 Å². The van der Waals surface area contributed by atoms with Gasteiger partial charge in [-0.25, -0.2) is 8.42 Å². The van der Waals surface area contributed by atoms with Crippen molar-refractivity contribution >= 4 is 27.5 Å². The molecule has 0 aromatic heterocycles. The zero-order chi connectivity index (χ0) is 29.4. The second kappa shape index (κ2) is 13.4. The first-order valence-corrected chi connectivity index (χ1v) is 14.9. The summed E-state index contributed by atoms with van der Waals surface area (Å²) in [6.45, 7) is 1.78. The Morgan fingerprint density at radius 2 is 1.66 bits per heavy atom. The Morgan fingerprint density at radius 1 is 0.951 bits per heavy atom. The van der Waals surface area contributed by atoms with Gasteiger partial charge in [0.1, 0.15) is 31.5 Å². The Morgan fingerprint density at radius 3 is 2.34 bits per heavy atom. The fraction of sp³-hybridized carbons (Fsp3) is 0.333. The minimum absolute atomic E-state index is 0.0576. The summed E-state index contributed by atoms with van der Waals surface area (Å²) >= 11 is 0. The van der Waals surface area contributed by atoms with Gasteiger partial charge in [0.05, 0.1) is 18.6 Å². The standard InChI is InChI=1S/C30H35N3O7S/c1-4-41(36,37)33(24-13-14-27-28(19-24)40-16-15-39-27)21-29(34)32(20-23-11-8-12-25(17-23)38-3)26(30(35)31-2)18-22-9-6-5-7-10-22/h5-14,17,19,26H,4,15-16,18,20-21H2,1-3H3,(H,31,35)/t26-/m0/s1. The lowest BCUT2D eigenvalue weighted by molar-refractivity contribution is -0.139. The van der Waals surface area contributed by atoms with Gasteiger partial charge in [-0.2, -0.15) is 0 Å². The fourth-order valence-corrected chi connectivity index (χ4v) is 5.65. The molecule has 218 valence electrons. The number of carbonyl (C=O) groups excluding carboxylic acids is 2. The van der Waals surface area contributed by atoms with E-state index in [1.54, 1.807) is 43.5 Å². The van der Waals surface area contributed by atoms with Crippen LogP contribution in [0.25, 0.3) is 0 Å². The highest BCUT2D eigenvalue weighted by molar-refractivity contribution is 7.92. The van der Waals surface area contributed by atoms with E-state index in [1.807, 2.05) is 36.4 Å². The van der Waals surface area contributed by atoms with Crippen molar-refractivity contribution in [2.24, 2.45) is 0 Å². The van der Waals surface area contributed by atoms with E-state index in [1.165, 1.54) is 18.9 Å². The number of likely N-dealkylation sites (N-methyl/N-ethyl adjacent to an activating group) is 1. The van der Waals surface area contributed by atoms with Gasteiger partial charge in [-0.15, -0.1) is 0 Å². The molecule has 2 amide bonds. The number of rotatable bonds is 12. The summed E-state index contributed by atoms with van der Waals surface area (Å²) < 4.78 is 44.3. The molecule has 1 atom stereocenters. The zero-order valence-corrected chi connectivity index (χ0v) is 24.2. The highest BCUT2D eigenvalue weighted by Crippen LogP contribution is 2.35. The summed E-state index contributed by atoms with van der Waals surface area (Å²) in [5, 5.41) is 2.67. The van der Waals surface area contributed by atoms with Crippen molar-refractivity contribution in [1.82, 2.24) is 10.2 Å². The number of hydrogen-bond donors (Lipinski definition) is 1. The third kappa shape index (κ3) is 7.29. The van der Waals surface area contributed by atoms with E-state index in [0.717, 1.165) is 15.4 Å². The highest BCUT2D eigenvalue weighted by atomic mass is 32.2. The molecule has 0 spiro atoms. The average molecular weight is 582 g/mol. The van der Waals surface area contributed by atoms with Crippen LogP contribution in [-0.2, 0) is 32.6 Å². The second-order valence-corrected chi connectivity index (χ2v) is 11.6. The maximum absolute atomic E-state index is 14.1. The van der Waals surface area contributed by atoms with Crippen LogP contribution in [0.1, 0.15) is 18.1 Å². The molecule has 0 fully saturated rings. The third-order valence-electron chi connectivity index (χ3n) is 6.80. The number of ether oxygens (including phenoxy) is 3. The van der Waals surface area contributed by atoms with E-state index in [-0.39, 0.29) is 30.3 Å². The SMILES string of the molecule is CCS(=O)(=O)N(CC(=O)N(Cc1cccc(OC)c1)[C@@H](Cc1ccccc1)C(=O)NC)c1ccc2c(c1)OCCO2. The molecule has 1 N–H and O–H groups in total. The average Bonchev–Trinajstić information content (AvgIpc) is 3.01. The van der Waals surface area contributed by atoms with E-state index in [4.69, 9.17) is 14.2 Å². The maximum Gasteiger partial charge on any atom is 0.244 e. The number of carbonyl (C=O) groups is 2. The normalized spacial score (nSPS) is 13.1. The first-order valence-electron chi connectivity index (χ1n) is 13.3. The largest absolute Gasteiger partial charge is 0.497 e. The van der Waals surface area contributed by atoms with Crippen LogP contribution in [0.2, 0.25) is 0 Å². The molecule has 1 aliphatic rings. The van der Waals surface area contributed by atoms with E-state index < -0.39 is 28.5 Å². The number of nitrogens with one attached hydrogen (secondary N) is 1. The summed E-state index contributed by atoms with van der Waals surface area (Å²) in [4.78, 5) is 28.8. The summed E-state index contributed by atoms with van der Waals surface area (Å²) in [6, 6.07) is 20.4. The third-order valence-corrected chi connectivity index (χ3v) is 8.54. The van der Waals surface area contributed by atoms with Crippen molar-refractivity contribution in [2.75, 3.05) is 44.0 Å². The van der Waals surface area contributed by atoms with Crippen LogP contribution in [0.3, 0.4) is 0 Å². The maximum atomic E-state index is 14.1. The summed E-state index contributed by atoms with van der Waals surface area (Å²) in [6.07, 6.45) is 0.237. The van der Waals surface area contributed by atoms with Gasteiger partial charge >= 0.3 is 0 Å². The quantitative estimate of drug-likeness (QED) is 0.350. The van der Waals surface area contributed by atoms with Gasteiger partial charge in [0.2, 0.25) is 21.8 Å². The Bertz CT molecular complexity index is 1460. The lowest BCUT2D eigenvalue weighted by Gasteiger charge is -2.33. The molecule has 0 aliphatic carbocycles. The molecule has 1 heterocycles. The molecule has 4 rings (SSSR count). The molecule has 3 aromatic rings. The van der Waals surface area contributed by atoms with E-state index in [9.17, 15) is 18.0 Å². The Kier molecular flexibility index (Phi) is 9.72. The first-order chi connectivity index (χ1) is 19.7. The molecule has 0 bridgehead atoms. The van der Waals surface area contributed by atoms with Crippen molar-refractivity contribution in [1.29, 1.82) is 0 Å². The molecule has 10 nitrogen and oxygen atoms in total. The number of sulfonamides is 1. The molecule has 1 aliphatic heterocycles. The molecular formula is C30H35N3O7S. The summed E-state index contributed by atoms with van der Waals surface area (Å²) in [5.74, 6) is 0.368. The van der Waals surface area contributed by atoms with Gasteiger partial charge in [0.25, 0.3) is 0 Å². The lowest BCUT2D eigenvalue weighted by Crippen LogP contribution is -2.53. The van der Waals surface area contributed by atoms with Gasteiger partial charge in [0.15, 0.2) is 11.5 Å². The predicted molar refractivity (Wildman–Crippen MR) is 156 cm³/mol. The Hall–Kier alpha value is -4.25. The number of hydrogen-bond acceptors (Lipinski definition) is 7. The molecule has 0 saturated heterocycles. The van der Waals surface area contributed by atoms with Crippen LogP contribution in [0.4, 0.5) is 5.69 Å². The molecule has 11 heteroatoms. The topological polar surface area (TPSA) is 114 Å². The van der Waals surface area contributed by atoms with Gasteiger partial charge in [-0.05, 0) is 42.3 Å². The van der Waals surface area contributed by atoms with Gasteiger partial charge in [-0.3, -0.25) is 13.9 Å². The summed E-state index contributed by atoms with van der Waals surface area (Å²) in [7, 11) is -0.835. The van der Waals surface area contributed by atoms with E-state index in [2.05, 4.69) is 5.32 Å².